The lowest BCUT2D eigenvalue weighted by atomic mass is 10.0. The Labute approximate surface area is 120 Å². The van der Waals surface area contributed by atoms with Crippen LogP contribution in [0.4, 0.5) is 4.39 Å². The van der Waals surface area contributed by atoms with Gasteiger partial charge in [0.1, 0.15) is 17.7 Å². The molecule has 1 nitrogen and oxygen atoms in total. The molecule has 3 rings (SSSR count). The van der Waals surface area contributed by atoms with Gasteiger partial charge in [0.15, 0.2) is 0 Å². The number of hydrogen-bond acceptors (Lipinski definition) is 1. The first-order valence-electron chi connectivity index (χ1n) is 6.32. The molecule has 0 bridgehead atoms. The van der Waals surface area contributed by atoms with Crippen molar-refractivity contribution in [1.82, 2.24) is 0 Å². The largest absolute Gasteiger partial charge is 0.490 e. The van der Waals surface area contributed by atoms with Crippen LogP contribution >= 0.6 is 15.9 Å². The van der Waals surface area contributed by atoms with Gasteiger partial charge < -0.3 is 4.74 Å². The molecule has 1 aliphatic rings. The van der Waals surface area contributed by atoms with E-state index in [1.54, 1.807) is 12.1 Å². The Morgan fingerprint density at radius 2 is 1.84 bits per heavy atom. The molecule has 0 aromatic heterocycles. The summed E-state index contributed by atoms with van der Waals surface area (Å²) in [5.74, 6) is 0.773. The van der Waals surface area contributed by atoms with E-state index in [-0.39, 0.29) is 16.7 Å². The summed E-state index contributed by atoms with van der Waals surface area (Å²) < 4.78 is 18.6. The van der Waals surface area contributed by atoms with Crippen molar-refractivity contribution in [3.05, 3.63) is 65.0 Å². The summed E-state index contributed by atoms with van der Waals surface area (Å²) in [7, 11) is 0. The van der Waals surface area contributed by atoms with Gasteiger partial charge in [-0.05, 0) is 41.8 Å². The summed E-state index contributed by atoms with van der Waals surface area (Å²) in [5.41, 5.74) is 3.47. The van der Waals surface area contributed by atoms with Crippen molar-refractivity contribution in [1.29, 1.82) is 0 Å². The van der Waals surface area contributed by atoms with E-state index in [9.17, 15) is 4.39 Å². The lowest BCUT2D eigenvalue weighted by Gasteiger charge is -2.12. The first-order chi connectivity index (χ1) is 9.13. The molecule has 1 aliphatic heterocycles. The number of rotatable bonds is 2. The van der Waals surface area contributed by atoms with Gasteiger partial charge in [0, 0.05) is 6.42 Å². The van der Waals surface area contributed by atoms with E-state index >= 15 is 0 Å². The van der Waals surface area contributed by atoms with Crippen LogP contribution in [-0.2, 0) is 6.42 Å². The second kappa shape index (κ2) is 4.97. The maximum Gasteiger partial charge on any atom is 0.123 e. The monoisotopic (exact) mass is 320 g/mol. The van der Waals surface area contributed by atoms with Crippen LogP contribution in [0.5, 0.6) is 5.75 Å². The summed E-state index contributed by atoms with van der Waals surface area (Å²) >= 11 is 3.68. The third-order valence-electron chi connectivity index (χ3n) is 3.38. The summed E-state index contributed by atoms with van der Waals surface area (Å²) in [6, 6.07) is 12.8. The molecule has 0 saturated heterocycles. The van der Waals surface area contributed by atoms with Crippen molar-refractivity contribution in [3.63, 3.8) is 0 Å². The average Bonchev–Trinajstić information content (AvgIpc) is 2.77. The van der Waals surface area contributed by atoms with Crippen molar-refractivity contribution in [2.24, 2.45) is 0 Å². The minimum atomic E-state index is -0.209. The van der Waals surface area contributed by atoms with Crippen molar-refractivity contribution in [3.8, 4) is 5.75 Å². The van der Waals surface area contributed by atoms with Gasteiger partial charge in [-0.25, -0.2) is 4.39 Å². The lowest BCUT2D eigenvalue weighted by Crippen LogP contribution is -2.05. The zero-order chi connectivity index (χ0) is 13.4. The highest BCUT2D eigenvalue weighted by Gasteiger charge is 2.20. The average molecular weight is 321 g/mol. The number of hydrogen-bond donors (Lipinski definition) is 0. The van der Waals surface area contributed by atoms with Crippen molar-refractivity contribution >= 4 is 15.9 Å². The normalized spacial score (nSPS) is 18.8. The molecule has 3 heteroatoms. The fourth-order valence-corrected chi connectivity index (χ4v) is 3.01. The Balaban J connectivity index is 1.90. The summed E-state index contributed by atoms with van der Waals surface area (Å²) in [6.45, 7) is 2.07. The molecule has 0 N–H and O–H groups in total. The van der Waals surface area contributed by atoms with E-state index in [1.165, 1.54) is 23.3 Å². The van der Waals surface area contributed by atoms with Gasteiger partial charge in [0.2, 0.25) is 0 Å². The highest BCUT2D eigenvalue weighted by molar-refractivity contribution is 9.09. The fourth-order valence-electron chi connectivity index (χ4n) is 2.42. The van der Waals surface area contributed by atoms with E-state index in [0.717, 1.165) is 17.7 Å². The molecule has 2 aromatic rings. The quantitative estimate of drug-likeness (QED) is 0.733. The maximum absolute atomic E-state index is 12.9. The summed E-state index contributed by atoms with van der Waals surface area (Å²) in [4.78, 5) is 0.0781. The molecule has 0 spiro atoms. The third kappa shape index (κ3) is 2.52. The van der Waals surface area contributed by atoms with Gasteiger partial charge in [0.25, 0.3) is 0 Å². The predicted molar refractivity (Wildman–Crippen MR) is 77.4 cm³/mol. The van der Waals surface area contributed by atoms with E-state index in [2.05, 4.69) is 35.0 Å². The SMILES string of the molecule is CC1Cc2cc(C(Br)c3ccc(F)cc3)ccc2O1. The van der Waals surface area contributed by atoms with E-state index in [1.807, 2.05) is 6.07 Å². The molecular formula is C16H14BrFO. The van der Waals surface area contributed by atoms with Gasteiger partial charge in [0.05, 0.1) is 4.83 Å². The van der Waals surface area contributed by atoms with Crippen LogP contribution < -0.4 is 4.74 Å². The van der Waals surface area contributed by atoms with E-state index < -0.39 is 0 Å². The van der Waals surface area contributed by atoms with Crippen molar-refractivity contribution in [2.45, 2.75) is 24.3 Å². The molecular weight excluding hydrogens is 307 g/mol. The molecule has 0 saturated carbocycles. The molecule has 2 unspecified atom stereocenters. The van der Waals surface area contributed by atoms with Crippen LogP contribution in [0, 0.1) is 5.82 Å². The van der Waals surface area contributed by atoms with Crippen LogP contribution in [0.25, 0.3) is 0 Å². The van der Waals surface area contributed by atoms with Gasteiger partial charge in [-0.15, -0.1) is 0 Å². The van der Waals surface area contributed by atoms with Gasteiger partial charge in [-0.3, -0.25) is 0 Å². The maximum atomic E-state index is 12.9. The van der Waals surface area contributed by atoms with Crippen molar-refractivity contribution < 1.29 is 9.13 Å². The molecule has 1 heterocycles. The van der Waals surface area contributed by atoms with E-state index in [4.69, 9.17) is 4.74 Å². The highest BCUT2D eigenvalue weighted by atomic mass is 79.9. The second-order valence-electron chi connectivity index (χ2n) is 4.91. The standard InChI is InChI=1S/C16H14BrFO/c1-10-8-13-9-12(4-7-15(13)19-10)16(17)11-2-5-14(18)6-3-11/h2-7,9-10,16H,8H2,1H3. The van der Waals surface area contributed by atoms with Gasteiger partial charge in [-0.2, -0.15) is 0 Å². The molecule has 98 valence electrons. The fraction of sp³-hybridized carbons (Fsp3) is 0.250. The van der Waals surface area contributed by atoms with E-state index in [0.29, 0.717) is 0 Å². The third-order valence-corrected chi connectivity index (χ3v) is 4.43. The number of benzene rings is 2. The second-order valence-corrected chi connectivity index (χ2v) is 5.83. The number of alkyl halides is 1. The molecule has 0 amide bonds. The minimum Gasteiger partial charge on any atom is -0.490 e. The topological polar surface area (TPSA) is 9.23 Å². The smallest absolute Gasteiger partial charge is 0.123 e. The first-order valence-corrected chi connectivity index (χ1v) is 7.24. The van der Waals surface area contributed by atoms with Crippen LogP contribution in [0.15, 0.2) is 42.5 Å². The Hall–Kier alpha value is -1.35. The predicted octanol–water partition coefficient (Wildman–Crippen LogP) is 4.63. The summed E-state index contributed by atoms with van der Waals surface area (Å²) in [5, 5.41) is 0. The Morgan fingerprint density at radius 1 is 1.16 bits per heavy atom. The zero-order valence-electron chi connectivity index (χ0n) is 10.6. The van der Waals surface area contributed by atoms with Crippen LogP contribution in [-0.4, -0.2) is 6.10 Å². The summed E-state index contributed by atoms with van der Waals surface area (Å²) in [6.07, 6.45) is 1.21. The molecule has 19 heavy (non-hydrogen) atoms. The highest BCUT2D eigenvalue weighted by Crippen LogP contribution is 2.36. The number of ether oxygens (including phenoxy) is 1. The number of fused-ring (bicyclic) bond motifs is 1. The molecule has 2 atom stereocenters. The number of halogens is 2. The first kappa shape index (κ1) is 12.7. The zero-order valence-corrected chi connectivity index (χ0v) is 12.2. The molecule has 0 fully saturated rings. The van der Waals surface area contributed by atoms with Crippen LogP contribution in [0.2, 0.25) is 0 Å². The van der Waals surface area contributed by atoms with Crippen LogP contribution in [0.3, 0.4) is 0 Å². The molecule has 0 aliphatic carbocycles. The van der Waals surface area contributed by atoms with Crippen molar-refractivity contribution in [2.75, 3.05) is 0 Å². The molecule has 2 aromatic carbocycles. The minimum absolute atomic E-state index is 0.0781. The van der Waals surface area contributed by atoms with Crippen LogP contribution in [0.1, 0.15) is 28.4 Å². The van der Waals surface area contributed by atoms with Gasteiger partial charge >= 0.3 is 0 Å². The lowest BCUT2D eigenvalue weighted by molar-refractivity contribution is 0.254. The molecule has 0 radical (unpaired) electrons. The Bertz CT molecular complexity index is 594. The Morgan fingerprint density at radius 3 is 2.58 bits per heavy atom. The van der Waals surface area contributed by atoms with Gasteiger partial charge in [-0.1, -0.05) is 40.2 Å². The Kier molecular flexibility index (Phi) is 3.31.